The Bertz CT molecular complexity index is 1250. The maximum atomic E-state index is 12.7. The number of amides is 2. The molecule has 0 N–H and O–H groups in total. The first-order valence-corrected chi connectivity index (χ1v) is 10.1. The summed E-state index contributed by atoms with van der Waals surface area (Å²) < 4.78 is 6.18. The van der Waals surface area contributed by atoms with Gasteiger partial charge in [-0.1, -0.05) is 46.3 Å². The van der Waals surface area contributed by atoms with Gasteiger partial charge in [-0.05, 0) is 36.0 Å². The van der Waals surface area contributed by atoms with Gasteiger partial charge < -0.3 is 4.42 Å². The molecule has 0 saturated carbocycles. The van der Waals surface area contributed by atoms with Gasteiger partial charge in [0.15, 0.2) is 11.2 Å². The van der Waals surface area contributed by atoms with Crippen molar-refractivity contribution in [2.75, 3.05) is 6.54 Å². The van der Waals surface area contributed by atoms with E-state index in [1.165, 1.54) is 12.3 Å². The van der Waals surface area contributed by atoms with E-state index in [4.69, 9.17) is 4.42 Å². The number of imide groups is 1. The number of benzene rings is 2. The molecule has 2 amide bonds. The average molecular weight is 470 g/mol. The maximum Gasteiger partial charge on any atom is 0.293 e. The van der Waals surface area contributed by atoms with Crippen molar-refractivity contribution in [3.63, 3.8) is 0 Å². The van der Waals surface area contributed by atoms with Crippen LogP contribution < -0.4 is 5.43 Å². The first-order valence-electron chi connectivity index (χ1n) is 8.49. The predicted octanol–water partition coefficient (Wildman–Crippen LogP) is 4.47. The summed E-state index contributed by atoms with van der Waals surface area (Å²) >= 11 is 4.00. The van der Waals surface area contributed by atoms with Crippen molar-refractivity contribution in [1.29, 1.82) is 0 Å². The van der Waals surface area contributed by atoms with Gasteiger partial charge in [0.05, 0.1) is 22.4 Å². The molecule has 0 unspecified atom stereocenters. The Morgan fingerprint density at radius 2 is 1.86 bits per heavy atom. The van der Waals surface area contributed by atoms with Crippen molar-refractivity contribution in [1.82, 2.24) is 4.90 Å². The van der Waals surface area contributed by atoms with Crippen LogP contribution in [0, 0.1) is 0 Å². The van der Waals surface area contributed by atoms with E-state index < -0.39 is 11.1 Å². The van der Waals surface area contributed by atoms with Gasteiger partial charge in [0.25, 0.3) is 11.1 Å². The van der Waals surface area contributed by atoms with Crippen LogP contribution in [0.2, 0.25) is 0 Å². The van der Waals surface area contributed by atoms with Crippen LogP contribution >= 0.6 is 27.7 Å². The SMILES string of the molecule is O=C(CN1C(=O)S/C(=C\c2coc3ccc(Br)cc3c2=O)C1=O)c1ccccc1. The van der Waals surface area contributed by atoms with Gasteiger partial charge in [0.1, 0.15) is 11.8 Å². The summed E-state index contributed by atoms with van der Waals surface area (Å²) in [5, 5.41) is -0.204. The second-order valence-corrected chi connectivity index (χ2v) is 8.13. The van der Waals surface area contributed by atoms with Gasteiger partial charge in [0.2, 0.25) is 0 Å². The molecule has 2 heterocycles. The molecule has 1 aliphatic heterocycles. The van der Waals surface area contributed by atoms with Crippen LogP contribution in [0.3, 0.4) is 0 Å². The Balaban J connectivity index is 1.63. The summed E-state index contributed by atoms with van der Waals surface area (Å²) in [6, 6.07) is 13.5. The molecule has 2 aromatic carbocycles. The lowest BCUT2D eigenvalue weighted by atomic mass is 10.1. The summed E-state index contributed by atoms with van der Waals surface area (Å²) in [5.74, 6) is -0.956. The molecule has 1 aromatic heterocycles. The van der Waals surface area contributed by atoms with E-state index in [0.29, 0.717) is 32.8 Å². The zero-order valence-corrected chi connectivity index (χ0v) is 17.2. The molecule has 1 fully saturated rings. The standard InChI is InChI=1S/C21H12BrNO5S/c22-14-6-7-17-15(9-14)19(25)13(11-28-17)8-18-20(26)23(21(27)29-18)10-16(24)12-4-2-1-3-5-12/h1-9,11H,10H2/b18-8-. The number of Topliss-reactive ketones (excluding diaryl/α,β-unsaturated/α-hetero) is 1. The third-order valence-corrected chi connectivity index (χ3v) is 5.72. The number of halogens is 1. The highest BCUT2D eigenvalue weighted by atomic mass is 79.9. The Labute approximate surface area is 177 Å². The number of ketones is 1. The lowest BCUT2D eigenvalue weighted by molar-refractivity contribution is -0.122. The molecule has 0 spiro atoms. The number of nitrogens with zero attached hydrogens (tertiary/aromatic N) is 1. The fourth-order valence-corrected chi connectivity index (χ4v) is 4.04. The smallest absolute Gasteiger partial charge is 0.293 e. The minimum Gasteiger partial charge on any atom is -0.463 e. The van der Waals surface area contributed by atoms with Crippen LogP contribution in [-0.4, -0.2) is 28.4 Å². The highest BCUT2D eigenvalue weighted by Crippen LogP contribution is 2.32. The summed E-state index contributed by atoms with van der Waals surface area (Å²) in [4.78, 5) is 50.9. The van der Waals surface area contributed by atoms with E-state index in [1.54, 1.807) is 48.5 Å². The fourth-order valence-electron chi connectivity index (χ4n) is 2.85. The lowest BCUT2D eigenvalue weighted by Crippen LogP contribution is -2.33. The molecular weight excluding hydrogens is 458 g/mol. The van der Waals surface area contributed by atoms with E-state index in [1.807, 2.05) is 0 Å². The molecule has 8 heteroatoms. The molecule has 6 nitrogen and oxygen atoms in total. The number of carbonyl (C=O) groups excluding carboxylic acids is 3. The third kappa shape index (κ3) is 3.81. The van der Waals surface area contributed by atoms with Crippen molar-refractivity contribution >= 4 is 61.7 Å². The van der Waals surface area contributed by atoms with Crippen LogP contribution in [-0.2, 0) is 4.79 Å². The molecule has 0 radical (unpaired) electrons. The molecule has 1 saturated heterocycles. The summed E-state index contributed by atoms with van der Waals surface area (Å²) in [6.45, 7) is -0.356. The van der Waals surface area contributed by atoms with Crippen LogP contribution in [0.15, 0.2) is 73.4 Å². The topological polar surface area (TPSA) is 84.7 Å². The number of fused-ring (bicyclic) bond motifs is 1. The van der Waals surface area contributed by atoms with Crippen molar-refractivity contribution in [3.05, 3.63) is 85.5 Å². The Kier molecular flexibility index (Phi) is 5.21. The first kappa shape index (κ1) is 19.4. The molecule has 3 aromatic rings. The highest BCUT2D eigenvalue weighted by Gasteiger charge is 2.36. The number of hydrogen-bond acceptors (Lipinski definition) is 6. The number of thioether (sulfide) groups is 1. The quantitative estimate of drug-likeness (QED) is 0.413. The predicted molar refractivity (Wildman–Crippen MR) is 114 cm³/mol. The Morgan fingerprint density at radius 1 is 1.10 bits per heavy atom. The average Bonchev–Trinajstić information content (AvgIpc) is 2.98. The van der Waals surface area contributed by atoms with Crippen molar-refractivity contribution < 1.29 is 18.8 Å². The zero-order chi connectivity index (χ0) is 20.5. The molecule has 1 aliphatic rings. The largest absolute Gasteiger partial charge is 0.463 e. The zero-order valence-electron chi connectivity index (χ0n) is 14.8. The normalized spacial score (nSPS) is 15.5. The third-order valence-electron chi connectivity index (χ3n) is 4.32. The Morgan fingerprint density at radius 3 is 2.62 bits per heavy atom. The van der Waals surface area contributed by atoms with Crippen molar-refractivity contribution in [3.8, 4) is 0 Å². The van der Waals surface area contributed by atoms with E-state index in [-0.39, 0.29) is 28.2 Å². The minimum absolute atomic E-state index is 0.0671. The van der Waals surface area contributed by atoms with Gasteiger partial charge in [-0.3, -0.25) is 24.1 Å². The van der Waals surface area contributed by atoms with Gasteiger partial charge in [-0.15, -0.1) is 0 Å². The fraction of sp³-hybridized carbons (Fsp3) is 0.0476. The molecule has 0 atom stereocenters. The maximum absolute atomic E-state index is 12.7. The van der Waals surface area contributed by atoms with Gasteiger partial charge in [-0.25, -0.2) is 0 Å². The summed E-state index contributed by atoms with van der Waals surface area (Å²) in [6.07, 6.45) is 2.58. The minimum atomic E-state index is -0.613. The van der Waals surface area contributed by atoms with Crippen molar-refractivity contribution in [2.45, 2.75) is 0 Å². The monoisotopic (exact) mass is 469 g/mol. The van der Waals surface area contributed by atoms with E-state index in [9.17, 15) is 19.2 Å². The molecule has 29 heavy (non-hydrogen) atoms. The molecular formula is C21H12BrNO5S. The summed E-state index contributed by atoms with van der Waals surface area (Å²) in [7, 11) is 0. The number of carbonyl (C=O) groups is 3. The summed E-state index contributed by atoms with van der Waals surface area (Å²) in [5.41, 5.74) is 0.656. The molecule has 0 aliphatic carbocycles. The molecule has 0 bridgehead atoms. The van der Waals surface area contributed by atoms with Crippen molar-refractivity contribution in [2.24, 2.45) is 0 Å². The van der Waals surface area contributed by atoms with Crippen LogP contribution in [0.5, 0.6) is 0 Å². The number of rotatable bonds is 4. The van der Waals surface area contributed by atoms with Gasteiger partial charge in [0, 0.05) is 10.0 Å². The highest BCUT2D eigenvalue weighted by molar-refractivity contribution is 9.10. The lowest BCUT2D eigenvalue weighted by Gasteiger charge is -2.11. The second kappa shape index (κ2) is 7.81. The molecule has 4 rings (SSSR count). The van der Waals surface area contributed by atoms with E-state index in [2.05, 4.69) is 15.9 Å². The van der Waals surface area contributed by atoms with Crippen LogP contribution in [0.25, 0.3) is 17.0 Å². The first-order chi connectivity index (χ1) is 13.9. The second-order valence-electron chi connectivity index (χ2n) is 6.22. The van der Waals surface area contributed by atoms with Crippen LogP contribution in [0.1, 0.15) is 15.9 Å². The van der Waals surface area contributed by atoms with Crippen LogP contribution in [0.4, 0.5) is 4.79 Å². The molecule has 144 valence electrons. The Hall–Kier alpha value is -2.97. The van der Waals surface area contributed by atoms with E-state index >= 15 is 0 Å². The van der Waals surface area contributed by atoms with E-state index in [0.717, 1.165) is 4.90 Å². The number of hydrogen-bond donors (Lipinski definition) is 0. The van der Waals surface area contributed by atoms with Gasteiger partial charge >= 0.3 is 0 Å². The van der Waals surface area contributed by atoms with Gasteiger partial charge in [-0.2, -0.15) is 0 Å².